The molecule has 2 rings (SSSR count). The monoisotopic (exact) mass is 304 g/mol. The minimum absolute atomic E-state index is 0.0254. The number of nitrogens with zero attached hydrogens (tertiary/aromatic N) is 1. The number of hydrogen-bond donors (Lipinski definition) is 1. The molecule has 0 aromatic heterocycles. The van der Waals surface area contributed by atoms with Crippen LogP contribution in [0.4, 0.5) is 4.79 Å². The molecule has 0 bridgehead atoms. The van der Waals surface area contributed by atoms with Crippen molar-refractivity contribution in [1.29, 1.82) is 0 Å². The molecule has 1 atom stereocenters. The van der Waals surface area contributed by atoms with E-state index in [0.717, 1.165) is 43.2 Å². The zero-order chi connectivity index (χ0) is 16.1. The number of piperidine rings is 1. The molecule has 1 fully saturated rings. The van der Waals surface area contributed by atoms with E-state index in [0.29, 0.717) is 0 Å². The highest BCUT2D eigenvalue weighted by Gasteiger charge is 2.21. The molecule has 22 heavy (non-hydrogen) atoms. The first-order valence-corrected chi connectivity index (χ1v) is 8.27. The summed E-state index contributed by atoms with van der Waals surface area (Å²) in [6, 6.07) is 7.96. The van der Waals surface area contributed by atoms with Gasteiger partial charge in [0.15, 0.2) is 0 Å². The zero-order valence-electron chi connectivity index (χ0n) is 14.1. The molecule has 2 amide bonds. The summed E-state index contributed by atoms with van der Waals surface area (Å²) in [6.07, 6.45) is 2.34. The highest BCUT2D eigenvalue weighted by atomic mass is 16.5. The number of urea groups is 1. The summed E-state index contributed by atoms with van der Waals surface area (Å²) < 4.78 is 5.71. The molecular formula is C18H28N2O2. The molecule has 1 aliphatic rings. The second-order valence-corrected chi connectivity index (χ2v) is 6.58. The maximum Gasteiger partial charge on any atom is 0.317 e. The highest BCUT2D eigenvalue weighted by Crippen LogP contribution is 2.21. The van der Waals surface area contributed by atoms with Crippen LogP contribution in [0.3, 0.4) is 0 Å². The van der Waals surface area contributed by atoms with Gasteiger partial charge in [-0.05, 0) is 57.2 Å². The van der Waals surface area contributed by atoms with Crippen LogP contribution in [0.5, 0.6) is 5.75 Å². The first-order chi connectivity index (χ1) is 10.5. The molecule has 0 spiro atoms. The Balaban J connectivity index is 1.93. The lowest BCUT2D eigenvalue weighted by atomic mass is 9.99. The van der Waals surface area contributed by atoms with Crippen molar-refractivity contribution in [2.24, 2.45) is 5.92 Å². The number of benzene rings is 1. The van der Waals surface area contributed by atoms with Crippen molar-refractivity contribution in [1.82, 2.24) is 10.2 Å². The van der Waals surface area contributed by atoms with E-state index in [1.54, 1.807) is 0 Å². The average Bonchev–Trinajstić information content (AvgIpc) is 2.47. The molecule has 1 unspecified atom stereocenters. The van der Waals surface area contributed by atoms with Gasteiger partial charge in [-0.25, -0.2) is 4.79 Å². The third-order valence-corrected chi connectivity index (χ3v) is 4.14. The van der Waals surface area contributed by atoms with Gasteiger partial charge in [0.05, 0.1) is 12.1 Å². The standard InChI is InChI=1S/C18H28N2O2/c1-13(2)22-17-7-5-6-16(12-17)15(4)19-18(21)20-10-8-14(3)9-11-20/h5-7,12-15H,8-11H2,1-4H3,(H,19,21). The minimum Gasteiger partial charge on any atom is -0.491 e. The third kappa shape index (κ3) is 4.65. The summed E-state index contributed by atoms with van der Waals surface area (Å²) in [7, 11) is 0. The number of ether oxygens (including phenoxy) is 1. The van der Waals surface area contributed by atoms with E-state index in [1.165, 1.54) is 0 Å². The Morgan fingerprint density at radius 2 is 1.95 bits per heavy atom. The minimum atomic E-state index is -0.0254. The van der Waals surface area contributed by atoms with Crippen LogP contribution in [0, 0.1) is 5.92 Å². The summed E-state index contributed by atoms with van der Waals surface area (Å²) in [5.74, 6) is 1.58. The van der Waals surface area contributed by atoms with E-state index in [4.69, 9.17) is 4.74 Å². The van der Waals surface area contributed by atoms with E-state index >= 15 is 0 Å². The highest BCUT2D eigenvalue weighted by molar-refractivity contribution is 5.74. The number of amides is 2. The third-order valence-electron chi connectivity index (χ3n) is 4.14. The van der Waals surface area contributed by atoms with Crippen molar-refractivity contribution < 1.29 is 9.53 Å². The van der Waals surface area contributed by atoms with E-state index in [1.807, 2.05) is 49.9 Å². The number of carbonyl (C=O) groups excluding carboxylic acids is 1. The van der Waals surface area contributed by atoms with Gasteiger partial charge >= 0.3 is 6.03 Å². The number of carbonyl (C=O) groups is 1. The lowest BCUT2D eigenvalue weighted by Gasteiger charge is -2.31. The van der Waals surface area contributed by atoms with Crippen LogP contribution in [0.2, 0.25) is 0 Å². The van der Waals surface area contributed by atoms with Gasteiger partial charge in [-0.3, -0.25) is 0 Å². The van der Waals surface area contributed by atoms with Gasteiger partial charge in [-0.15, -0.1) is 0 Å². The van der Waals surface area contributed by atoms with Crippen LogP contribution in [-0.4, -0.2) is 30.1 Å². The van der Waals surface area contributed by atoms with Crippen LogP contribution in [0.15, 0.2) is 24.3 Å². The predicted molar refractivity (Wildman–Crippen MR) is 89.1 cm³/mol. The van der Waals surface area contributed by atoms with Gasteiger partial charge in [0, 0.05) is 13.1 Å². The van der Waals surface area contributed by atoms with Crippen molar-refractivity contribution in [3.63, 3.8) is 0 Å². The molecule has 1 aromatic carbocycles. The molecule has 1 aliphatic heterocycles. The molecular weight excluding hydrogens is 276 g/mol. The number of rotatable bonds is 4. The molecule has 1 N–H and O–H groups in total. The second-order valence-electron chi connectivity index (χ2n) is 6.58. The van der Waals surface area contributed by atoms with Crippen LogP contribution < -0.4 is 10.1 Å². The Labute approximate surface area is 133 Å². The fourth-order valence-electron chi connectivity index (χ4n) is 2.70. The van der Waals surface area contributed by atoms with E-state index < -0.39 is 0 Å². The molecule has 1 saturated heterocycles. The van der Waals surface area contributed by atoms with Crippen LogP contribution >= 0.6 is 0 Å². The quantitative estimate of drug-likeness (QED) is 0.914. The SMILES string of the molecule is CC1CCN(C(=O)NC(C)c2cccc(OC(C)C)c2)CC1. The Hall–Kier alpha value is -1.71. The van der Waals surface area contributed by atoms with E-state index in [9.17, 15) is 4.79 Å². The fourth-order valence-corrected chi connectivity index (χ4v) is 2.70. The molecule has 4 nitrogen and oxygen atoms in total. The summed E-state index contributed by atoms with van der Waals surface area (Å²) in [5, 5.41) is 3.09. The maximum absolute atomic E-state index is 12.3. The molecule has 0 radical (unpaired) electrons. The van der Waals surface area contributed by atoms with Crippen molar-refractivity contribution in [3.05, 3.63) is 29.8 Å². The second kappa shape index (κ2) is 7.52. The number of nitrogens with one attached hydrogen (secondary N) is 1. The maximum atomic E-state index is 12.3. The molecule has 0 aliphatic carbocycles. The number of hydrogen-bond acceptors (Lipinski definition) is 2. The summed E-state index contributed by atoms with van der Waals surface area (Å²) in [4.78, 5) is 14.3. The van der Waals surface area contributed by atoms with E-state index in [2.05, 4.69) is 12.2 Å². The molecule has 0 saturated carbocycles. The van der Waals surface area contributed by atoms with E-state index in [-0.39, 0.29) is 18.2 Å². The van der Waals surface area contributed by atoms with Crippen molar-refractivity contribution in [3.8, 4) is 5.75 Å². The lowest BCUT2D eigenvalue weighted by Crippen LogP contribution is -2.44. The molecule has 122 valence electrons. The Kier molecular flexibility index (Phi) is 5.69. The van der Waals surface area contributed by atoms with Gasteiger partial charge in [0.25, 0.3) is 0 Å². The Morgan fingerprint density at radius 1 is 1.27 bits per heavy atom. The number of likely N-dealkylation sites (tertiary alicyclic amines) is 1. The van der Waals surface area contributed by atoms with Gasteiger partial charge in [-0.2, -0.15) is 0 Å². The largest absolute Gasteiger partial charge is 0.491 e. The Bertz CT molecular complexity index is 494. The molecule has 1 heterocycles. The average molecular weight is 304 g/mol. The predicted octanol–water partition coefficient (Wildman–Crippen LogP) is 3.98. The summed E-state index contributed by atoms with van der Waals surface area (Å²) in [5.41, 5.74) is 1.07. The summed E-state index contributed by atoms with van der Waals surface area (Å²) >= 11 is 0. The van der Waals surface area contributed by atoms with Gasteiger partial charge in [-0.1, -0.05) is 19.1 Å². The lowest BCUT2D eigenvalue weighted by molar-refractivity contribution is 0.171. The normalized spacial score (nSPS) is 17.4. The van der Waals surface area contributed by atoms with Crippen molar-refractivity contribution in [2.45, 2.75) is 52.7 Å². The van der Waals surface area contributed by atoms with Gasteiger partial charge in [0.1, 0.15) is 5.75 Å². The van der Waals surface area contributed by atoms with Crippen molar-refractivity contribution >= 4 is 6.03 Å². The first kappa shape index (κ1) is 16.7. The topological polar surface area (TPSA) is 41.6 Å². The fraction of sp³-hybridized carbons (Fsp3) is 0.611. The molecule has 4 heteroatoms. The van der Waals surface area contributed by atoms with Gasteiger partial charge < -0.3 is 15.0 Å². The van der Waals surface area contributed by atoms with Crippen LogP contribution in [0.25, 0.3) is 0 Å². The Morgan fingerprint density at radius 3 is 2.59 bits per heavy atom. The van der Waals surface area contributed by atoms with Crippen molar-refractivity contribution in [2.75, 3.05) is 13.1 Å². The first-order valence-electron chi connectivity index (χ1n) is 8.27. The summed E-state index contributed by atoms with van der Waals surface area (Å²) in [6.45, 7) is 9.99. The molecule has 1 aromatic rings. The van der Waals surface area contributed by atoms with Gasteiger partial charge in [0.2, 0.25) is 0 Å². The smallest absolute Gasteiger partial charge is 0.317 e. The van der Waals surface area contributed by atoms with Crippen LogP contribution in [0.1, 0.15) is 52.1 Å². The zero-order valence-corrected chi connectivity index (χ0v) is 14.1. The van der Waals surface area contributed by atoms with Crippen LogP contribution in [-0.2, 0) is 0 Å².